The third-order valence-electron chi connectivity index (χ3n) is 3.37. The predicted octanol–water partition coefficient (Wildman–Crippen LogP) is 4.51. The van der Waals surface area contributed by atoms with E-state index >= 15 is 0 Å². The molecule has 0 radical (unpaired) electrons. The molecule has 0 aromatic carbocycles. The van der Waals surface area contributed by atoms with Crippen molar-refractivity contribution in [2.75, 3.05) is 0 Å². The lowest BCUT2D eigenvalue weighted by molar-refractivity contribution is -0.135. The summed E-state index contributed by atoms with van der Waals surface area (Å²) in [5, 5.41) is 17.4. The lowest BCUT2D eigenvalue weighted by Crippen LogP contribution is -2.04. The number of unbranched alkanes of at least 4 members (excludes halogenated alkanes) is 9. The molecule has 0 aliphatic carbocycles. The molecule has 116 valence electrons. The van der Waals surface area contributed by atoms with Crippen LogP contribution in [0.3, 0.4) is 0 Å². The summed E-state index contributed by atoms with van der Waals surface area (Å²) in [4.78, 5) is 21.3. The topological polar surface area (TPSA) is 74.6 Å². The Hall–Kier alpha value is -1.32. The van der Waals surface area contributed by atoms with E-state index in [9.17, 15) is 9.59 Å². The Morgan fingerprint density at radius 1 is 0.850 bits per heavy atom. The Morgan fingerprint density at radius 3 is 1.70 bits per heavy atom. The fraction of sp³-hybridized carbons (Fsp3) is 0.750. The van der Waals surface area contributed by atoms with Crippen molar-refractivity contribution in [3.05, 3.63) is 11.6 Å². The average Bonchev–Trinajstić information content (AvgIpc) is 2.39. The largest absolute Gasteiger partial charge is 1.00 e. The van der Waals surface area contributed by atoms with Gasteiger partial charge in [-0.25, -0.2) is 9.59 Å². The number of carboxylic acid groups (broad SMARTS) is 2. The van der Waals surface area contributed by atoms with Gasteiger partial charge < -0.3 is 10.2 Å². The van der Waals surface area contributed by atoms with Crippen molar-refractivity contribution in [1.29, 1.82) is 0 Å². The quantitative estimate of drug-likeness (QED) is 0.386. The molecule has 0 bridgehead atoms. The number of hydrogen-bond donors (Lipinski definition) is 2. The van der Waals surface area contributed by atoms with Gasteiger partial charge in [0.05, 0.1) is 0 Å². The molecular weight excluding hydrogens is 256 g/mol. The van der Waals surface area contributed by atoms with E-state index in [-0.39, 0.29) is 7.00 Å². The van der Waals surface area contributed by atoms with E-state index < -0.39 is 11.9 Å². The second-order valence-corrected chi connectivity index (χ2v) is 5.24. The van der Waals surface area contributed by atoms with Crippen molar-refractivity contribution in [2.45, 2.75) is 77.6 Å². The van der Waals surface area contributed by atoms with Crippen LogP contribution >= 0.6 is 0 Å². The van der Waals surface area contributed by atoms with E-state index in [1.165, 1.54) is 44.9 Å². The maximum Gasteiger partial charge on any atom is 1.00 e. The van der Waals surface area contributed by atoms with Gasteiger partial charge in [0.25, 0.3) is 0 Å². The second-order valence-electron chi connectivity index (χ2n) is 5.24. The molecule has 0 atom stereocenters. The highest BCUT2D eigenvalue weighted by atomic mass is 16.4. The zero-order valence-corrected chi connectivity index (χ0v) is 12.6. The lowest BCUT2D eigenvalue weighted by Gasteiger charge is -2.03. The first kappa shape index (κ1) is 18.7. The molecule has 0 aliphatic rings. The van der Waals surface area contributed by atoms with Gasteiger partial charge >= 0.3 is 13.4 Å². The van der Waals surface area contributed by atoms with E-state index in [1.807, 2.05) is 0 Å². The van der Waals surface area contributed by atoms with Crippen LogP contribution in [0, 0.1) is 0 Å². The predicted molar refractivity (Wildman–Crippen MR) is 80.9 cm³/mol. The van der Waals surface area contributed by atoms with Crippen LogP contribution in [0.1, 0.15) is 79.0 Å². The molecule has 20 heavy (non-hydrogen) atoms. The Bertz CT molecular complexity index is 313. The van der Waals surface area contributed by atoms with Crippen LogP contribution in [0.4, 0.5) is 0 Å². The van der Waals surface area contributed by atoms with E-state index in [0.717, 1.165) is 25.3 Å². The molecule has 0 saturated heterocycles. The van der Waals surface area contributed by atoms with Crippen molar-refractivity contribution < 1.29 is 21.2 Å². The van der Waals surface area contributed by atoms with Gasteiger partial charge in [-0.05, 0) is 12.8 Å². The molecule has 0 aliphatic heterocycles. The maximum atomic E-state index is 10.8. The first-order chi connectivity index (χ1) is 9.57. The average molecular weight is 285 g/mol. The summed E-state index contributed by atoms with van der Waals surface area (Å²) in [5.74, 6) is -2.31. The van der Waals surface area contributed by atoms with E-state index in [4.69, 9.17) is 10.2 Å². The highest BCUT2D eigenvalue weighted by molar-refractivity contribution is 5.94. The molecule has 4 nitrogen and oxygen atoms in total. The van der Waals surface area contributed by atoms with E-state index in [0.29, 0.717) is 6.42 Å². The van der Waals surface area contributed by atoms with Gasteiger partial charge in [-0.1, -0.05) is 64.7 Å². The van der Waals surface area contributed by atoms with Crippen LogP contribution < -0.4 is 0 Å². The van der Waals surface area contributed by atoms with Crippen molar-refractivity contribution in [1.82, 2.24) is 0 Å². The summed E-state index contributed by atoms with van der Waals surface area (Å²) >= 11 is 0. The third-order valence-corrected chi connectivity index (χ3v) is 3.37. The number of carboxylic acids is 2. The van der Waals surface area contributed by atoms with Gasteiger partial charge in [-0.2, -0.15) is 0 Å². The minimum atomic E-state index is -1.19. The fourth-order valence-electron chi connectivity index (χ4n) is 2.19. The molecule has 0 aromatic rings. The molecular formula is C16H29O4+. The van der Waals surface area contributed by atoms with Gasteiger partial charge in [-0.15, -0.1) is 0 Å². The Balaban J connectivity index is 0. The number of rotatable bonds is 13. The molecule has 0 heterocycles. The molecule has 4 heteroatoms. The fourth-order valence-corrected chi connectivity index (χ4v) is 2.19. The maximum absolute atomic E-state index is 10.8. The van der Waals surface area contributed by atoms with Crippen molar-refractivity contribution >= 4 is 11.9 Å². The standard InChI is InChI=1S/C16H28O4/c1-2-3-4-5-6-7-8-9-10-11-12-14(16(19)20)13-15(17)18/h13H,2-12H2,1H3,(H,17,18)(H,19,20)/p+1/b14-13-. The summed E-state index contributed by atoms with van der Waals surface area (Å²) in [6, 6.07) is 0. The molecule has 0 saturated carbocycles. The Morgan fingerprint density at radius 2 is 1.30 bits per heavy atom. The molecule has 0 spiro atoms. The van der Waals surface area contributed by atoms with Crippen LogP contribution in [-0.4, -0.2) is 22.2 Å². The summed E-state index contributed by atoms with van der Waals surface area (Å²) in [7, 11) is 0. The number of hydrogen-bond acceptors (Lipinski definition) is 2. The van der Waals surface area contributed by atoms with Gasteiger partial charge in [0.15, 0.2) is 0 Å². The van der Waals surface area contributed by atoms with Crippen LogP contribution in [0.15, 0.2) is 11.6 Å². The summed E-state index contributed by atoms with van der Waals surface area (Å²) in [6.45, 7) is 2.21. The van der Waals surface area contributed by atoms with Crippen molar-refractivity contribution in [3.63, 3.8) is 0 Å². The Kier molecular flexibility index (Phi) is 11.9. The first-order valence-corrected chi connectivity index (χ1v) is 7.74. The SMILES string of the molecule is CCCCCCCCCCCC/C(=C/C(=O)O)C(=O)O.[H+]. The van der Waals surface area contributed by atoms with Crippen LogP contribution in [-0.2, 0) is 9.59 Å². The number of aliphatic carboxylic acids is 2. The van der Waals surface area contributed by atoms with Crippen molar-refractivity contribution in [3.8, 4) is 0 Å². The third kappa shape index (κ3) is 11.8. The second kappa shape index (κ2) is 12.7. The normalized spacial score (nSPS) is 11.6. The van der Waals surface area contributed by atoms with Gasteiger partial charge in [0, 0.05) is 11.6 Å². The van der Waals surface area contributed by atoms with Gasteiger partial charge in [0.2, 0.25) is 0 Å². The minimum absolute atomic E-state index is 0. The molecule has 0 unspecified atom stereocenters. The Labute approximate surface area is 123 Å². The smallest absolute Gasteiger partial charge is 0.478 e. The van der Waals surface area contributed by atoms with Crippen LogP contribution in [0.2, 0.25) is 0 Å². The summed E-state index contributed by atoms with van der Waals surface area (Å²) < 4.78 is 0. The summed E-state index contributed by atoms with van der Waals surface area (Å²) in [5.41, 5.74) is -0.00272. The molecule has 0 rings (SSSR count). The lowest BCUT2D eigenvalue weighted by atomic mass is 10.0. The van der Waals surface area contributed by atoms with Crippen LogP contribution in [0.25, 0.3) is 0 Å². The molecule has 0 aromatic heterocycles. The first-order valence-electron chi connectivity index (χ1n) is 7.74. The molecule has 2 N–H and O–H groups in total. The van der Waals surface area contributed by atoms with Crippen LogP contribution in [0.5, 0.6) is 0 Å². The molecule has 0 fully saturated rings. The van der Waals surface area contributed by atoms with E-state index in [1.54, 1.807) is 0 Å². The van der Waals surface area contributed by atoms with E-state index in [2.05, 4.69) is 6.92 Å². The van der Waals surface area contributed by atoms with Gasteiger partial charge in [0.1, 0.15) is 0 Å². The zero-order valence-electron chi connectivity index (χ0n) is 13.6. The number of carbonyl (C=O) groups is 2. The highest BCUT2D eigenvalue weighted by Gasteiger charge is 2.08. The molecule has 0 amide bonds. The van der Waals surface area contributed by atoms with Crippen molar-refractivity contribution in [2.24, 2.45) is 0 Å². The van der Waals surface area contributed by atoms with Gasteiger partial charge in [-0.3, -0.25) is 0 Å². The zero-order chi connectivity index (χ0) is 15.2. The monoisotopic (exact) mass is 285 g/mol. The summed E-state index contributed by atoms with van der Waals surface area (Å²) in [6.07, 6.45) is 13.0. The highest BCUT2D eigenvalue weighted by Crippen LogP contribution is 2.13. The minimum Gasteiger partial charge on any atom is -0.478 e.